The Morgan fingerprint density at radius 2 is 1.38 bits per heavy atom. The van der Waals surface area contributed by atoms with Crippen molar-refractivity contribution in [3.8, 4) is 0 Å². The molecule has 2 nitrogen and oxygen atoms in total. The lowest BCUT2D eigenvalue weighted by Crippen LogP contribution is -2.30. The topological polar surface area (TPSA) is 25.1 Å². The molecule has 0 aliphatic carbocycles. The van der Waals surface area contributed by atoms with Crippen LogP contribution in [0.1, 0.15) is 38.3 Å². The maximum absolute atomic E-state index is 5.24. The Morgan fingerprint density at radius 3 is 1.92 bits per heavy atom. The van der Waals surface area contributed by atoms with Gasteiger partial charge in [-0.1, -0.05) is 81.4 Å². The summed E-state index contributed by atoms with van der Waals surface area (Å²) in [7, 11) is 0. The zero-order chi connectivity index (χ0) is 17.0. The largest absolute Gasteiger partial charge is 0.230 e. The van der Waals surface area contributed by atoms with Crippen LogP contribution < -0.4 is 0 Å². The van der Waals surface area contributed by atoms with E-state index in [0.29, 0.717) is 11.8 Å². The molecule has 1 saturated heterocycles. The quantitative estimate of drug-likeness (QED) is 0.478. The fraction of sp³-hybridized carbons (Fsp3) is 0.455. The van der Waals surface area contributed by atoms with Gasteiger partial charge in [-0.15, -0.1) is 0 Å². The van der Waals surface area contributed by atoms with Crippen LogP contribution in [0.4, 0.5) is 0 Å². The zero-order valence-corrected chi connectivity index (χ0v) is 14.9. The molecule has 2 aromatic carbocycles. The van der Waals surface area contributed by atoms with Gasteiger partial charge in [-0.2, -0.15) is 9.78 Å². The Morgan fingerprint density at radius 1 is 0.833 bits per heavy atom. The second kappa shape index (κ2) is 7.50. The predicted molar refractivity (Wildman–Crippen MR) is 97.3 cm³/mol. The smallest absolute Gasteiger partial charge is 0.198 e. The molecule has 1 heterocycles. The first-order chi connectivity index (χ1) is 11.6. The fourth-order valence-corrected chi connectivity index (χ4v) is 3.70. The van der Waals surface area contributed by atoms with E-state index in [-0.39, 0.29) is 11.7 Å². The fourth-order valence-electron chi connectivity index (χ4n) is 3.70. The van der Waals surface area contributed by atoms with Gasteiger partial charge in [-0.05, 0) is 42.2 Å². The standard InChI is InChI=1S/C22H28O2/c1-17(14-19-10-6-4-7-11-19)18(2)15-22(3,21-23-24-21)16-20-12-8-5-9-13-20/h4-13,17-18,21H,14-16H2,1-3H3. The van der Waals surface area contributed by atoms with E-state index in [0.717, 1.165) is 19.3 Å². The van der Waals surface area contributed by atoms with Gasteiger partial charge in [0.25, 0.3) is 0 Å². The second-order valence-electron chi connectivity index (χ2n) is 7.69. The normalized spacial score (nSPS) is 19.5. The molecule has 0 amide bonds. The minimum absolute atomic E-state index is 0.0196. The molecule has 2 heteroatoms. The molecule has 0 spiro atoms. The first kappa shape index (κ1) is 17.2. The molecule has 0 aromatic heterocycles. The highest BCUT2D eigenvalue weighted by atomic mass is 17.4. The van der Waals surface area contributed by atoms with Gasteiger partial charge >= 0.3 is 0 Å². The van der Waals surface area contributed by atoms with Gasteiger partial charge in [0, 0.05) is 5.41 Å². The summed E-state index contributed by atoms with van der Waals surface area (Å²) in [5.74, 6) is 1.23. The number of benzene rings is 2. The van der Waals surface area contributed by atoms with E-state index in [2.05, 4.69) is 81.4 Å². The summed E-state index contributed by atoms with van der Waals surface area (Å²) in [5, 5.41) is 0. The van der Waals surface area contributed by atoms with Crippen molar-refractivity contribution in [2.45, 2.75) is 46.3 Å². The predicted octanol–water partition coefficient (Wildman–Crippen LogP) is 5.43. The number of hydrogen-bond acceptors (Lipinski definition) is 2. The maximum atomic E-state index is 5.24. The maximum Gasteiger partial charge on any atom is 0.230 e. The van der Waals surface area contributed by atoms with E-state index in [4.69, 9.17) is 9.78 Å². The third-order valence-electron chi connectivity index (χ3n) is 5.37. The average molecular weight is 324 g/mol. The average Bonchev–Trinajstić information content (AvgIpc) is 3.42. The van der Waals surface area contributed by atoms with Crippen LogP contribution in [-0.2, 0) is 22.6 Å². The van der Waals surface area contributed by atoms with Crippen LogP contribution in [0.2, 0.25) is 0 Å². The highest BCUT2D eigenvalue weighted by Crippen LogP contribution is 2.43. The van der Waals surface area contributed by atoms with Crippen molar-refractivity contribution in [2.24, 2.45) is 17.3 Å². The molecule has 0 bridgehead atoms. The molecule has 1 aliphatic rings. The molecule has 2 aromatic rings. The van der Waals surface area contributed by atoms with Gasteiger partial charge < -0.3 is 0 Å². The van der Waals surface area contributed by atoms with E-state index in [1.807, 2.05) is 0 Å². The van der Waals surface area contributed by atoms with Crippen LogP contribution in [0.25, 0.3) is 0 Å². The van der Waals surface area contributed by atoms with Crippen molar-refractivity contribution in [3.63, 3.8) is 0 Å². The van der Waals surface area contributed by atoms with Gasteiger partial charge in [0.15, 0.2) is 0 Å². The Kier molecular flexibility index (Phi) is 5.37. The number of hydrogen-bond donors (Lipinski definition) is 0. The van der Waals surface area contributed by atoms with Gasteiger partial charge in [-0.25, -0.2) is 0 Å². The van der Waals surface area contributed by atoms with Crippen LogP contribution in [0.3, 0.4) is 0 Å². The van der Waals surface area contributed by atoms with Gasteiger partial charge in [-0.3, -0.25) is 0 Å². The van der Waals surface area contributed by atoms with E-state index < -0.39 is 0 Å². The minimum Gasteiger partial charge on any atom is -0.198 e. The van der Waals surface area contributed by atoms with Gasteiger partial charge in [0.05, 0.1) is 0 Å². The van der Waals surface area contributed by atoms with Gasteiger partial charge in [0.1, 0.15) is 0 Å². The zero-order valence-electron chi connectivity index (χ0n) is 14.9. The summed E-state index contributed by atoms with van der Waals surface area (Å²) in [6, 6.07) is 21.4. The van der Waals surface area contributed by atoms with Crippen molar-refractivity contribution in [2.75, 3.05) is 0 Å². The molecule has 24 heavy (non-hydrogen) atoms. The highest BCUT2D eigenvalue weighted by molar-refractivity contribution is 5.17. The van der Waals surface area contributed by atoms with Crippen molar-refractivity contribution >= 4 is 0 Å². The third-order valence-corrected chi connectivity index (χ3v) is 5.37. The molecule has 3 unspecified atom stereocenters. The summed E-state index contributed by atoms with van der Waals surface area (Å²) in [4.78, 5) is 10.5. The molecule has 1 aliphatic heterocycles. The summed E-state index contributed by atoms with van der Waals surface area (Å²) >= 11 is 0. The molecule has 0 saturated carbocycles. The molecule has 0 N–H and O–H groups in total. The minimum atomic E-state index is -0.0657. The molecular weight excluding hydrogens is 296 g/mol. The molecule has 128 valence electrons. The third kappa shape index (κ3) is 4.46. The van der Waals surface area contributed by atoms with E-state index in [1.165, 1.54) is 11.1 Å². The van der Waals surface area contributed by atoms with Crippen molar-refractivity contribution in [1.29, 1.82) is 0 Å². The van der Waals surface area contributed by atoms with E-state index in [9.17, 15) is 0 Å². The molecular formula is C22H28O2. The summed E-state index contributed by atoms with van der Waals surface area (Å²) in [6.45, 7) is 7.01. The van der Waals surface area contributed by atoms with Crippen LogP contribution in [0.5, 0.6) is 0 Å². The monoisotopic (exact) mass is 324 g/mol. The van der Waals surface area contributed by atoms with Crippen LogP contribution in [0.15, 0.2) is 60.7 Å². The molecule has 3 atom stereocenters. The first-order valence-electron chi connectivity index (χ1n) is 8.97. The van der Waals surface area contributed by atoms with E-state index in [1.54, 1.807) is 0 Å². The Labute approximate surface area is 145 Å². The Balaban J connectivity index is 1.64. The van der Waals surface area contributed by atoms with Crippen molar-refractivity contribution in [3.05, 3.63) is 71.8 Å². The van der Waals surface area contributed by atoms with E-state index >= 15 is 0 Å². The lowest BCUT2D eigenvalue weighted by molar-refractivity contribution is 0.0850. The lowest BCUT2D eigenvalue weighted by atomic mass is 9.72. The summed E-state index contributed by atoms with van der Waals surface area (Å²) in [5.41, 5.74) is 2.79. The Bertz CT molecular complexity index is 621. The number of rotatable bonds is 8. The SMILES string of the molecule is CC(Cc1ccccc1)C(C)CC(C)(Cc1ccccc1)C1OO1. The lowest BCUT2D eigenvalue weighted by Gasteiger charge is -2.31. The Hall–Kier alpha value is -1.64. The summed E-state index contributed by atoms with van der Waals surface area (Å²) in [6.07, 6.45) is 3.14. The first-order valence-corrected chi connectivity index (χ1v) is 8.97. The summed E-state index contributed by atoms with van der Waals surface area (Å²) < 4.78 is 0. The highest BCUT2D eigenvalue weighted by Gasteiger charge is 2.47. The molecule has 1 fully saturated rings. The van der Waals surface area contributed by atoms with Crippen molar-refractivity contribution in [1.82, 2.24) is 0 Å². The van der Waals surface area contributed by atoms with Crippen LogP contribution in [0, 0.1) is 17.3 Å². The van der Waals surface area contributed by atoms with Crippen LogP contribution >= 0.6 is 0 Å². The molecule has 3 rings (SSSR count). The van der Waals surface area contributed by atoms with Crippen molar-refractivity contribution < 1.29 is 9.78 Å². The molecule has 0 radical (unpaired) electrons. The van der Waals surface area contributed by atoms with Gasteiger partial charge in [0.2, 0.25) is 6.29 Å². The second-order valence-corrected chi connectivity index (χ2v) is 7.69. The van der Waals surface area contributed by atoms with Crippen LogP contribution in [-0.4, -0.2) is 6.29 Å².